The molecule has 4 rings (SSSR count). The summed E-state index contributed by atoms with van der Waals surface area (Å²) in [7, 11) is 0. The lowest BCUT2D eigenvalue weighted by molar-refractivity contribution is -0.385. The van der Waals surface area contributed by atoms with E-state index in [0.29, 0.717) is 15.6 Å². The molecule has 1 aliphatic rings. The molecule has 0 saturated heterocycles. The third-order valence-corrected chi connectivity index (χ3v) is 7.70. The number of halogens is 2. The van der Waals surface area contributed by atoms with Crippen LogP contribution in [0.4, 0.5) is 5.69 Å². The van der Waals surface area contributed by atoms with Crippen LogP contribution < -0.4 is 5.32 Å². The van der Waals surface area contributed by atoms with Crippen LogP contribution in [0.15, 0.2) is 72.8 Å². The molecule has 3 aromatic rings. The molecule has 1 unspecified atom stereocenters. The molecule has 204 valence electrons. The van der Waals surface area contributed by atoms with Crippen LogP contribution >= 0.6 is 23.2 Å². The fourth-order valence-corrected chi connectivity index (χ4v) is 5.50. The number of para-hydroxylation sites is 1. The van der Waals surface area contributed by atoms with E-state index in [1.807, 2.05) is 30.3 Å². The number of nitro groups is 1. The largest absolute Gasteiger partial charge is 0.352 e. The second-order valence-electron chi connectivity index (χ2n) is 9.87. The molecule has 0 aliphatic heterocycles. The van der Waals surface area contributed by atoms with Crippen molar-refractivity contribution in [2.45, 2.75) is 63.6 Å². The highest BCUT2D eigenvalue weighted by atomic mass is 35.5. The van der Waals surface area contributed by atoms with Crippen molar-refractivity contribution in [1.29, 1.82) is 0 Å². The second-order valence-corrected chi connectivity index (χ2v) is 10.7. The lowest BCUT2D eigenvalue weighted by Gasteiger charge is -2.33. The van der Waals surface area contributed by atoms with E-state index in [1.165, 1.54) is 11.0 Å². The zero-order valence-electron chi connectivity index (χ0n) is 21.5. The standard InChI is InChI=1S/C30H31Cl2N3O4/c31-24-16-15-23(26(32)19-24)20-34(29(36)18-22-11-7-8-14-27(22)35(38)39)28(17-21-9-3-1-4-10-21)30(37)33-25-12-5-2-6-13-25/h1,3-4,7-11,14-16,19,25,28H,2,5-6,12-13,17-18,20H2,(H,33,37). The number of nitrogens with zero attached hydrogens (tertiary/aromatic N) is 2. The number of carbonyl (C=O) groups excluding carboxylic acids is 2. The Morgan fingerprint density at radius 1 is 0.949 bits per heavy atom. The molecule has 7 nitrogen and oxygen atoms in total. The normalized spacial score (nSPS) is 14.4. The highest BCUT2D eigenvalue weighted by Gasteiger charge is 2.33. The van der Waals surface area contributed by atoms with E-state index in [0.717, 1.165) is 37.7 Å². The summed E-state index contributed by atoms with van der Waals surface area (Å²) in [4.78, 5) is 40.4. The minimum atomic E-state index is -0.851. The number of amides is 2. The van der Waals surface area contributed by atoms with Gasteiger partial charge in [0.1, 0.15) is 6.04 Å². The summed E-state index contributed by atoms with van der Waals surface area (Å²) in [6.45, 7) is 0.0467. The number of hydrogen-bond donors (Lipinski definition) is 1. The average molecular weight is 569 g/mol. The molecule has 0 radical (unpaired) electrons. The molecule has 1 atom stereocenters. The first-order chi connectivity index (χ1) is 18.8. The van der Waals surface area contributed by atoms with E-state index < -0.39 is 16.9 Å². The van der Waals surface area contributed by atoms with Gasteiger partial charge in [-0.15, -0.1) is 0 Å². The summed E-state index contributed by atoms with van der Waals surface area (Å²) in [5.41, 5.74) is 1.67. The number of nitrogens with one attached hydrogen (secondary N) is 1. The van der Waals surface area contributed by atoms with Crippen molar-refractivity contribution >= 4 is 40.7 Å². The van der Waals surface area contributed by atoms with Crippen molar-refractivity contribution in [3.8, 4) is 0 Å². The van der Waals surface area contributed by atoms with E-state index in [9.17, 15) is 19.7 Å². The van der Waals surface area contributed by atoms with Gasteiger partial charge in [0.05, 0.1) is 11.3 Å². The van der Waals surface area contributed by atoms with Crippen molar-refractivity contribution in [1.82, 2.24) is 10.2 Å². The van der Waals surface area contributed by atoms with Crippen LogP contribution in [0, 0.1) is 10.1 Å². The van der Waals surface area contributed by atoms with Crippen LogP contribution in [0.2, 0.25) is 10.0 Å². The first-order valence-electron chi connectivity index (χ1n) is 13.1. The molecule has 2 amide bonds. The van der Waals surface area contributed by atoms with Gasteiger partial charge in [-0.3, -0.25) is 19.7 Å². The summed E-state index contributed by atoms with van der Waals surface area (Å²) in [6, 6.07) is 19.9. The van der Waals surface area contributed by atoms with Crippen molar-refractivity contribution < 1.29 is 14.5 Å². The predicted octanol–water partition coefficient (Wildman–Crippen LogP) is 6.53. The molecule has 1 N–H and O–H groups in total. The zero-order chi connectivity index (χ0) is 27.8. The summed E-state index contributed by atoms with van der Waals surface area (Å²) in [5, 5.41) is 15.6. The summed E-state index contributed by atoms with van der Waals surface area (Å²) >= 11 is 12.6. The van der Waals surface area contributed by atoms with Crippen molar-refractivity contribution in [3.63, 3.8) is 0 Å². The quantitative estimate of drug-likeness (QED) is 0.222. The number of benzene rings is 3. The first-order valence-corrected chi connectivity index (χ1v) is 13.9. The van der Waals surface area contributed by atoms with Gasteiger partial charge in [-0.1, -0.05) is 97.1 Å². The summed E-state index contributed by atoms with van der Waals surface area (Å²) in [6.07, 6.45) is 5.10. The maximum atomic E-state index is 14.0. The Hall–Kier alpha value is -3.42. The van der Waals surface area contributed by atoms with Gasteiger partial charge in [0.15, 0.2) is 0 Å². The number of hydrogen-bond acceptors (Lipinski definition) is 4. The fourth-order valence-electron chi connectivity index (χ4n) is 5.03. The van der Waals surface area contributed by atoms with Crippen LogP contribution in [0.25, 0.3) is 0 Å². The molecule has 0 spiro atoms. The van der Waals surface area contributed by atoms with Crippen molar-refractivity contribution in [3.05, 3.63) is 110 Å². The number of nitro benzene ring substituents is 1. The smallest absolute Gasteiger partial charge is 0.273 e. The zero-order valence-corrected chi connectivity index (χ0v) is 23.0. The van der Waals surface area contributed by atoms with Crippen LogP contribution in [0.1, 0.15) is 48.8 Å². The third kappa shape index (κ3) is 7.80. The van der Waals surface area contributed by atoms with E-state index in [2.05, 4.69) is 5.32 Å². The highest BCUT2D eigenvalue weighted by Crippen LogP contribution is 2.26. The molecule has 1 fully saturated rings. The molecule has 1 saturated carbocycles. The highest BCUT2D eigenvalue weighted by molar-refractivity contribution is 6.35. The van der Waals surface area contributed by atoms with Crippen LogP contribution in [-0.4, -0.2) is 33.7 Å². The van der Waals surface area contributed by atoms with Crippen LogP contribution in [0.3, 0.4) is 0 Å². The predicted molar refractivity (Wildman–Crippen MR) is 153 cm³/mol. The average Bonchev–Trinajstić information content (AvgIpc) is 2.93. The van der Waals surface area contributed by atoms with Crippen LogP contribution in [0.5, 0.6) is 0 Å². The maximum absolute atomic E-state index is 14.0. The molecule has 1 aliphatic carbocycles. The lowest BCUT2D eigenvalue weighted by Crippen LogP contribution is -2.53. The van der Waals surface area contributed by atoms with Gasteiger partial charge in [0.2, 0.25) is 11.8 Å². The SMILES string of the molecule is O=C(NC1CCCCC1)C(Cc1ccccc1)N(Cc1ccc(Cl)cc1Cl)C(=O)Cc1ccccc1[N+](=O)[O-]. The molecular weight excluding hydrogens is 537 g/mol. The van der Waals surface area contributed by atoms with Crippen molar-refractivity contribution in [2.75, 3.05) is 0 Å². The van der Waals surface area contributed by atoms with Gasteiger partial charge in [-0.25, -0.2) is 0 Å². The third-order valence-electron chi connectivity index (χ3n) is 7.11. The molecule has 0 bridgehead atoms. The Morgan fingerprint density at radius 2 is 1.64 bits per heavy atom. The Morgan fingerprint density at radius 3 is 2.33 bits per heavy atom. The monoisotopic (exact) mass is 567 g/mol. The molecule has 39 heavy (non-hydrogen) atoms. The van der Waals surface area contributed by atoms with Gasteiger partial charge in [0, 0.05) is 40.7 Å². The second kappa shape index (κ2) is 13.6. The summed E-state index contributed by atoms with van der Waals surface area (Å²) in [5.74, 6) is -0.651. The van der Waals surface area contributed by atoms with E-state index in [-0.39, 0.29) is 42.6 Å². The fraction of sp³-hybridized carbons (Fsp3) is 0.333. The minimum Gasteiger partial charge on any atom is -0.352 e. The topological polar surface area (TPSA) is 92.6 Å². The number of rotatable bonds is 10. The van der Waals surface area contributed by atoms with Gasteiger partial charge in [-0.05, 0) is 36.1 Å². The van der Waals surface area contributed by atoms with Gasteiger partial charge in [-0.2, -0.15) is 0 Å². The van der Waals surface area contributed by atoms with Gasteiger partial charge >= 0.3 is 0 Å². The Bertz CT molecular complexity index is 1310. The molecule has 0 heterocycles. The van der Waals surface area contributed by atoms with Crippen molar-refractivity contribution in [2.24, 2.45) is 0 Å². The molecule has 9 heteroatoms. The molecule has 3 aromatic carbocycles. The Balaban J connectivity index is 1.71. The van der Waals surface area contributed by atoms with Gasteiger partial charge < -0.3 is 10.2 Å². The molecular formula is C30H31Cl2N3O4. The first kappa shape index (κ1) is 28.6. The maximum Gasteiger partial charge on any atom is 0.273 e. The summed E-state index contributed by atoms with van der Waals surface area (Å²) < 4.78 is 0. The van der Waals surface area contributed by atoms with Gasteiger partial charge in [0.25, 0.3) is 5.69 Å². The van der Waals surface area contributed by atoms with E-state index >= 15 is 0 Å². The van der Waals surface area contributed by atoms with E-state index in [1.54, 1.807) is 36.4 Å². The Labute approximate surface area is 238 Å². The molecule has 0 aromatic heterocycles. The van der Waals surface area contributed by atoms with E-state index in [4.69, 9.17) is 23.2 Å². The Kier molecular flexibility index (Phi) is 9.96. The van der Waals surface area contributed by atoms with Crippen LogP contribution in [-0.2, 0) is 29.0 Å². The minimum absolute atomic E-state index is 0.0467. The lowest BCUT2D eigenvalue weighted by atomic mass is 9.94. The number of carbonyl (C=O) groups is 2.